The molecule has 1 N–H and O–H groups in total. The zero-order valence-electron chi connectivity index (χ0n) is 18.5. The Morgan fingerprint density at radius 2 is 2.09 bits per heavy atom. The average Bonchev–Trinajstić information content (AvgIpc) is 3.35. The molecule has 0 aliphatic carbocycles. The first-order valence-electron chi connectivity index (χ1n) is 10.4. The maximum Gasteiger partial charge on any atom is 0.243 e. The molecule has 1 atom stereocenters. The minimum atomic E-state index is -0.637. The van der Waals surface area contributed by atoms with E-state index in [0.717, 1.165) is 5.56 Å². The molecule has 9 heteroatoms. The van der Waals surface area contributed by atoms with Gasteiger partial charge in [0.05, 0.1) is 12.2 Å². The standard InChI is InChI=1S/C25H21ClN4O3S/c1-4-17-7-5-8-18(12-17)27-25-30(14-19-11-15(2)33-29-19)24(32)22(34-25)13-23(31)28-21-10-6-9-20(26)16(21)3/h1,5-12,22H,13-14H2,2-3H3,(H,28,31)/t22-/m0/s1. The average molecular weight is 493 g/mol. The van der Waals surface area contributed by atoms with E-state index in [1.165, 1.54) is 16.7 Å². The summed E-state index contributed by atoms with van der Waals surface area (Å²) in [7, 11) is 0. The summed E-state index contributed by atoms with van der Waals surface area (Å²) >= 11 is 7.39. The van der Waals surface area contributed by atoms with Crippen molar-refractivity contribution in [3.63, 3.8) is 0 Å². The molecule has 1 aliphatic heterocycles. The third-order valence-corrected chi connectivity index (χ3v) is 6.75. The fourth-order valence-corrected chi connectivity index (χ4v) is 4.74. The second-order valence-electron chi connectivity index (χ2n) is 7.71. The topological polar surface area (TPSA) is 87.8 Å². The fourth-order valence-electron chi connectivity index (χ4n) is 3.41. The van der Waals surface area contributed by atoms with Crippen LogP contribution in [0.4, 0.5) is 11.4 Å². The van der Waals surface area contributed by atoms with E-state index in [2.05, 4.69) is 21.4 Å². The Morgan fingerprint density at radius 1 is 1.29 bits per heavy atom. The van der Waals surface area contributed by atoms with Gasteiger partial charge in [-0.1, -0.05) is 46.6 Å². The quantitative estimate of drug-likeness (QED) is 0.484. The number of hydrogen-bond donors (Lipinski definition) is 1. The molecule has 1 aromatic heterocycles. The number of carbonyl (C=O) groups is 2. The maximum atomic E-state index is 13.3. The van der Waals surface area contributed by atoms with Crippen LogP contribution in [0.5, 0.6) is 0 Å². The normalized spacial score (nSPS) is 16.6. The highest BCUT2D eigenvalue weighted by molar-refractivity contribution is 8.15. The Labute approximate surface area is 206 Å². The molecule has 0 radical (unpaired) electrons. The number of nitrogens with one attached hydrogen (secondary N) is 1. The molecule has 0 saturated carbocycles. The summed E-state index contributed by atoms with van der Waals surface area (Å²) < 4.78 is 5.14. The molecular formula is C25H21ClN4O3S. The van der Waals surface area contributed by atoms with Gasteiger partial charge in [0.1, 0.15) is 16.7 Å². The van der Waals surface area contributed by atoms with Gasteiger partial charge in [-0.3, -0.25) is 14.5 Å². The minimum Gasteiger partial charge on any atom is -0.361 e. The van der Waals surface area contributed by atoms with E-state index >= 15 is 0 Å². The number of amides is 2. The van der Waals surface area contributed by atoms with E-state index in [9.17, 15) is 9.59 Å². The molecule has 3 aromatic rings. The zero-order chi connectivity index (χ0) is 24.2. The molecule has 172 valence electrons. The van der Waals surface area contributed by atoms with Crippen molar-refractivity contribution in [1.82, 2.24) is 10.1 Å². The van der Waals surface area contributed by atoms with Crippen LogP contribution in [0.25, 0.3) is 0 Å². The second kappa shape index (κ2) is 10.2. The van der Waals surface area contributed by atoms with Gasteiger partial charge >= 0.3 is 0 Å². The van der Waals surface area contributed by atoms with Gasteiger partial charge in [0.2, 0.25) is 11.8 Å². The van der Waals surface area contributed by atoms with Crippen LogP contribution in [-0.4, -0.2) is 32.3 Å². The van der Waals surface area contributed by atoms with Gasteiger partial charge in [-0.2, -0.15) is 0 Å². The fraction of sp³-hybridized carbons (Fsp3) is 0.200. The monoisotopic (exact) mass is 492 g/mol. The summed E-state index contributed by atoms with van der Waals surface area (Å²) in [5.41, 5.74) is 3.27. The second-order valence-corrected chi connectivity index (χ2v) is 9.29. The van der Waals surface area contributed by atoms with Crippen molar-refractivity contribution in [1.29, 1.82) is 0 Å². The first-order chi connectivity index (χ1) is 16.3. The van der Waals surface area contributed by atoms with E-state index in [1.54, 1.807) is 55.5 Å². The molecule has 0 spiro atoms. The van der Waals surface area contributed by atoms with Crippen LogP contribution < -0.4 is 5.32 Å². The molecule has 0 bridgehead atoms. The van der Waals surface area contributed by atoms with Crippen molar-refractivity contribution >= 4 is 51.7 Å². The molecule has 2 heterocycles. The van der Waals surface area contributed by atoms with Gasteiger partial charge in [0.15, 0.2) is 5.17 Å². The summed E-state index contributed by atoms with van der Waals surface area (Å²) in [6.07, 6.45) is 5.48. The number of halogens is 1. The van der Waals surface area contributed by atoms with Crippen LogP contribution in [-0.2, 0) is 16.1 Å². The third kappa shape index (κ3) is 5.33. The number of carbonyl (C=O) groups excluding carboxylic acids is 2. The number of thioether (sulfide) groups is 1. The Bertz CT molecular complexity index is 1330. The van der Waals surface area contributed by atoms with Crippen molar-refractivity contribution in [2.75, 3.05) is 5.32 Å². The van der Waals surface area contributed by atoms with Gasteiger partial charge in [-0.25, -0.2) is 4.99 Å². The van der Waals surface area contributed by atoms with Gasteiger partial charge in [0, 0.05) is 28.8 Å². The van der Waals surface area contributed by atoms with Crippen molar-refractivity contribution in [3.05, 3.63) is 76.1 Å². The van der Waals surface area contributed by atoms with E-state index < -0.39 is 5.25 Å². The van der Waals surface area contributed by atoms with Gasteiger partial charge in [-0.15, -0.1) is 6.42 Å². The molecule has 7 nitrogen and oxygen atoms in total. The summed E-state index contributed by atoms with van der Waals surface area (Å²) in [5, 5.41) is 7.23. The summed E-state index contributed by atoms with van der Waals surface area (Å²) in [6.45, 7) is 3.79. The number of hydrogen-bond acceptors (Lipinski definition) is 6. The number of benzene rings is 2. The van der Waals surface area contributed by atoms with Crippen LogP contribution >= 0.6 is 23.4 Å². The van der Waals surface area contributed by atoms with Crippen molar-refractivity contribution in [3.8, 4) is 12.3 Å². The number of aryl methyl sites for hydroxylation is 1. The summed E-state index contributed by atoms with van der Waals surface area (Å²) in [4.78, 5) is 32.2. The van der Waals surface area contributed by atoms with Crippen LogP contribution in [0, 0.1) is 26.2 Å². The molecule has 1 aliphatic rings. The van der Waals surface area contributed by atoms with Gasteiger partial charge in [-0.05, 0) is 49.7 Å². The number of anilines is 1. The SMILES string of the molecule is C#Cc1cccc(N=C2S[C@@H](CC(=O)Nc3cccc(Cl)c3C)C(=O)N2Cc2cc(C)on2)c1. The predicted molar refractivity (Wildman–Crippen MR) is 134 cm³/mol. The van der Waals surface area contributed by atoms with E-state index in [1.807, 2.05) is 6.92 Å². The first-order valence-corrected chi connectivity index (χ1v) is 11.7. The Kier molecular flexibility index (Phi) is 7.06. The number of aromatic nitrogens is 1. The van der Waals surface area contributed by atoms with Crippen LogP contribution in [0.2, 0.25) is 5.02 Å². The Morgan fingerprint density at radius 3 is 2.82 bits per heavy atom. The highest BCUT2D eigenvalue weighted by Gasteiger charge is 2.39. The summed E-state index contributed by atoms with van der Waals surface area (Å²) in [5.74, 6) is 2.71. The molecule has 34 heavy (non-hydrogen) atoms. The van der Waals surface area contributed by atoms with Crippen LogP contribution in [0.3, 0.4) is 0 Å². The Balaban J connectivity index is 1.57. The predicted octanol–water partition coefficient (Wildman–Crippen LogP) is 5.09. The molecule has 2 aromatic carbocycles. The maximum absolute atomic E-state index is 13.3. The van der Waals surface area contributed by atoms with E-state index in [-0.39, 0.29) is 24.8 Å². The highest BCUT2D eigenvalue weighted by atomic mass is 35.5. The minimum absolute atomic E-state index is 0.0206. The molecular weight excluding hydrogens is 472 g/mol. The van der Waals surface area contributed by atoms with Gasteiger partial charge in [0.25, 0.3) is 0 Å². The number of amidine groups is 1. The Hall–Kier alpha value is -3.54. The third-order valence-electron chi connectivity index (χ3n) is 5.17. The zero-order valence-corrected chi connectivity index (χ0v) is 20.1. The van der Waals surface area contributed by atoms with Crippen molar-refractivity contribution < 1.29 is 14.1 Å². The number of rotatable bonds is 6. The van der Waals surface area contributed by atoms with Gasteiger partial charge < -0.3 is 9.84 Å². The first kappa shape index (κ1) is 23.6. The lowest BCUT2D eigenvalue weighted by Gasteiger charge is -2.15. The van der Waals surface area contributed by atoms with E-state index in [4.69, 9.17) is 22.5 Å². The lowest BCUT2D eigenvalue weighted by Crippen LogP contribution is -2.33. The lowest BCUT2D eigenvalue weighted by atomic mass is 10.2. The van der Waals surface area contributed by atoms with Crippen molar-refractivity contribution in [2.45, 2.75) is 32.1 Å². The van der Waals surface area contributed by atoms with Crippen molar-refractivity contribution in [2.24, 2.45) is 4.99 Å². The number of nitrogens with zero attached hydrogens (tertiary/aromatic N) is 3. The molecule has 1 fully saturated rings. The largest absolute Gasteiger partial charge is 0.361 e. The molecule has 0 unspecified atom stereocenters. The van der Waals surface area contributed by atoms with Crippen LogP contribution in [0.15, 0.2) is 58.0 Å². The van der Waals surface area contributed by atoms with Crippen LogP contribution in [0.1, 0.15) is 29.0 Å². The molecule has 1 saturated heterocycles. The number of terminal acetylenes is 1. The highest BCUT2D eigenvalue weighted by Crippen LogP contribution is 2.33. The van der Waals surface area contributed by atoms with E-state index in [0.29, 0.717) is 38.6 Å². The smallest absolute Gasteiger partial charge is 0.243 e. The molecule has 2 amide bonds. The lowest BCUT2D eigenvalue weighted by molar-refractivity contribution is -0.128. The molecule has 4 rings (SSSR count). The summed E-state index contributed by atoms with van der Waals surface area (Å²) in [6, 6.07) is 14.2. The number of aliphatic imine (C=N–C) groups is 1.